The zero-order valence-electron chi connectivity index (χ0n) is 14.7. The van der Waals surface area contributed by atoms with Crippen molar-refractivity contribution in [2.45, 2.75) is 27.7 Å². The van der Waals surface area contributed by atoms with Crippen LogP contribution in [-0.4, -0.2) is 33.3 Å². The summed E-state index contributed by atoms with van der Waals surface area (Å²) in [6, 6.07) is 12.2. The second-order valence-corrected chi connectivity index (χ2v) is 6.09. The van der Waals surface area contributed by atoms with Gasteiger partial charge < -0.3 is 4.90 Å². The fourth-order valence-corrected chi connectivity index (χ4v) is 2.93. The minimum absolute atomic E-state index is 0.0219. The number of hydrogen-bond acceptors (Lipinski definition) is 2. The second-order valence-electron chi connectivity index (χ2n) is 6.09. The molecule has 0 bridgehead atoms. The summed E-state index contributed by atoms with van der Waals surface area (Å²) in [7, 11) is 0. The summed E-state index contributed by atoms with van der Waals surface area (Å²) in [4.78, 5) is 19.7. The molecular formula is C20H23N3O. The number of fused-ring (bicyclic) bond motifs is 1. The molecule has 124 valence electrons. The molecule has 1 aromatic carbocycles. The Morgan fingerprint density at radius 3 is 2.25 bits per heavy atom. The van der Waals surface area contributed by atoms with Gasteiger partial charge in [-0.25, -0.2) is 4.98 Å². The van der Waals surface area contributed by atoms with Crippen LogP contribution >= 0.6 is 0 Å². The van der Waals surface area contributed by atoms with Gasteiger partial charge in [0.25, 0.3) is 5.91 Å². The van der Waals surface area contributed by atoms with Crippen LogP contribution in [0.3, 0.4) is 0 Å². The second kappa shape index (κ2) is 6.48. The van der Waals surface area contributed by atoms with Crippen molar-refractivity contribution in [3.63, 3.8) is 0 Å². The number of aryl methyl sites for hydroxylation is 2. The van der Waals surface area contributed by atoms with Crippen LogP contribution in [0.2, 0.25) is 0 Å². The van der Waals surface area contributed by atoms with E-state index in [0.717, 1.165) is 22.5 Å². The molecule has 0 unspecified atom stereocenters. The molecule has 24 heavy (non-hydrogen) atoms. The van der Waals surface area contributed by atoms with Crippen molar-refractivity contribution >= 4 is 11.6 Å². The van der Waals surface area contributed by atoms with E-state index in [1.54, 1.807) is 0 Å². The molecule has 0 radical (unpaired) electrons. The molecule has 2 heterocycles. The van der Waals surface area contributed by atoms with Crippen LogP contribution in [-0.2, 0) is 0 Å². The minimum atomic E-state index is 0.0219. The van der Waals surface area contributed by atoms with Crippen molar-refractivity contribution in [1.29, 1.82) is 0 Å². The van der Waals surface area contributed by atoms with E-state index >= 15 is 0 Å². The van der Waals surface area contributed by atoms with Gasteiger partial charge >= 0.3 is 0 Å². The summed E-state index contributed by atoms with van der Waals surface area (Å²) in [5.74, 6) is 0.0219. The van der Waals surface area contributed by atoms with Crippen LogP contribution in [0.1, 0.15) is 35.5 Å². The molecule has 1 amide bonds. The SMILES string of the molecule is CCN(CC)C(=O)c1c(-c2ccc(C)cc2)nc2ccc(C)cn12. The number of pyridine rings is 1. The van der Waals surface area contributed by atoms with Crippen LogP contribution in [0.5, 0.6) is 0 Å². The quantitative estimate of drug-likeness (QED) is 0.725. The highest BCUT2D eigenvalue weighted by Gasteiger charge is 2.23. The Hall–Kier alpha value is -2.62. The topological polar surface area (TPSA) is 37.6 Å². The molecule has 0 fully saturated rings. The zero-order chi connectivity index (χ0) is 17.3. The fourth-order valence-electron chi connectivity index (χ4n) is 2.93. The molecule has 0 aliphatic heterocycles. The lowest BCUT2D eigenvalue weighted by molar-refractivity contribution is 0.0767. The van der Waals surface area contributed by atoms with E-state index in [9.17, 15) is 4.79 Å². The molecule has 3 aromatic rings. The summed E-state index contributed by atoms with van der Waals surface area (Å²) >= 11 is 0. The molecule has 0 atom stereocenters. The maximum atomic E-state index is 13.1. The Kier molecular flexibility index (Phi) is 4.38. The van der Waals surface area contributed by atoms with E-state index in [4.69, 9.17) is 4.98 Å². The minimum Gasteiger partial charge on any atom is -0.338 e. The predicted molar refractivity (Wildman–Crippen MR) is 97.4 cm³/mol. The number of nitrogens with zero attached hydrogens (tertiary/aromatic N) is 3. The summed E-state index contributed by atoms with van der Waals surface area (Å²) in [6.07, 6.45) is 1.98. The molecule has 0 aliphatic rings. The average Bonchev–Trinajstić information content (AvgIpc) is 2.95. The van der Waals surface area contributed by atoms with Gasteiger partial charge in [0.1, 0.15) is 17.0 Å². The number of hydrogen-bond donors (Lipinski definition) is 0. The van der Waals surface area contributed by atoms with Crippen molar-refractivity contribution in [2.75, 3.05) is 13.1 Å². The highest BCUT2D eigenvalue weighted by atomic mass is 16.2. The van der Waals surface area contributed by atoms with E-state index in [0.29, 0.717) is 18.8 Å². The van der Waals surface area contributed by atoms with Crippen LogP contribution in [0.15, 0.2) is 42.6 Å². The average molecular weight is 321 g/mol. The monoisotopic (exact) mass is 321 g/mol. The lowest BCUT2D eigenvalue weighted by Gasteiger charge is -2.19. The van der Waals surface area contributed by atoms with Gasteiger partial charge in [-0.15, -0.1) is 0 Å². The van der Waals surface area contributed by atoms with Gasteiger partial charge in [-0.2, -0.15) is 0 Å². The standard InChI is InChI=1S/C20H23N3O/c1-5-22(6-2)20(24)19-18(16-10-7-14(3)8-11-16)21-17-12-9-15(4)13-23(17)19/h7-13H,5-6H2,1-4H3. The van der Waals surface area contributed by atoms with Crippen molar-refractivity contribution in [2.24, 2.45) is 0 Å². The molecule has 0 saturated heterocycles. The molecule has 0 saturated carbocycles. The third-order valence-electron chi connectivity index (χ3n) is 4.34. The third kappa shape index (κ3) is 2.80. The Balaban J connectivity index is 2.26. The number of amides is 1. The number of imidazole rings is 1. The third-order valence-corrected chi connectivity index (χ3v) is 4.34. The predicted octanol–water partition coefficient (Wildman–Crippen LogP) is 4.10. The first-order chi connectivity index (χ1) is 11.5. The normalized spacial score (nSPS) is 11.0. The first-order valence-electron chi connectivity index (χ1n) is 8.40. The van der Waals surface area contributed by atoms with Crippen LogP contribution < -0.4 is 0 Å². The highest BCUT2D eigenvalue weighted by molar-refractivity contribution is 5.99. The number of rotatable bonds is 4. The zero-order valence-corrected chi connectivity index (χ0v) is 14.7. The Morgan fingerprint density at radius 1 is 1.00 bits per heavy atom. The Morgan fingerprint density at radius 2 is 1.62 bits per heavy atom. The van der Waals surface area contributed by atoms with E-state index in [2.05, 4.69) is 19.1 Å². The molecular weight excluding hydrogens is 298 g/mol. The smallest absolute Gasteiger partial charge is 0.273 e. The van der Waals surface area contributed by atoms with Crippen molar-refractivity contribution in [3.8, 4) is 11.3 Å². The summed E-state index contributed by atoms with van der Waals surface area (Å²) in [6.45, 7) is 9.45. The van der Waals surface area contributed by atoms with Crippen molar-refractivity contribution < 1.29 is 4.79 Å². The van der Waals surface area contributed by atoms with Gasteiger partial charge in [0, 0.05) is 24.8 Å². The summed E-state index contributed by atoms with van der Waals surface area (Å²) in [5.41, 5.74) is 5.45. The van der Waals surface area contributed by atoms with E-state index in [1.165, 1.54) is 5.56 Å². The first-order valence-corrected chi connectivity index (χ1v) is 8.40. The van der Waals surface area contributed by atoms with Crippen molar-refractivity contribution in [1.82, 2.24) is 14.3 Å². The Labute approximate surface area is 142 Å². The molecule has 0 spiro atoms. The molecule has 4 nitrogen and oxygen atoms in total. The molecule has 4 heteroatoms. The van der Waals surface area contributed by atoms with Gasteiger partial charge in [-0.05, 0) is 39.3 Å². The number of carbonyl (C=O) groups is 1. The molecule has 0 N–H and O–H groups in total. The van der Waals surface area contributed by atoms with Gasteiger partial charge in [-0.1, -0.05) is 35.9 Å². The van der Waals surface area contributed by atoms with Crippen LogP contribution in [0.25, 0.3) is 16.9 Å². The maximum absolute atomic E-state index is 13.1. The van der Waals surface area contributed by atoms with E-state index < -0.39 is 0 Å². The molecule has 3 rings (SSSR count). The maximum Gasteiger partial charge on any atom is 0.273 e. The fraction of sp³-hybridized carbons (Fsp3) is 0.300. The lowest BCUT2D eigenvalue weighted by atomic mass is 10.1. The van der Waals surface area contributed by atoms with Gasteiger partial charge in [0.15, 0.2) is 0 Å². The van der Waals surface area contributed by atoms with Crippen molar-refractivity contribution in [3.05, 3.63) is 59.4 Å². The van der Waals surface area contributed by atoms with Crippen LogP contribution in [0.4, 0.5) is 0 Å². The van der Waals surface area contributed by atoms with Gasteiger partial charge in [0.2, 0.25) is 0 Å². The van der Waals surface area contributed by atoms with Gasteiger partial charge in [0.05, 0.1) is 0 Å². The summed E-state index contributed by atoms with van der Waals surface area (Å²) in [5, 5.41) is 0. The van der Waals surface area contributed by atoms with E-state index in [1.807, 2.05) is 60.5 Å². The van der Waals surface area contributed by atoms with Crippen LogP contribution in [0, 0.1) is 13.8 Å². The number of benzene rings is 1. The lowest BCUT2D eigenvalue weighted by Crippen LogP contribution is -2.31. The molecule has 2 aromatic heterocycles. The largest absolute Gasteiger partial charge is 0.338 e. The number of carbonyl (C=O) groups excluding carboxylic acids is 1. The Bertz CT molecular complexity index is 874. The first kappa shape index (κ1) is 16.2. The number of aromatic nitrogens is 2. The molecule has 0 aliphatic carbocycles. The highest BCUT2D eigenvalue weighted by Crippen LogP contribution is 2.26. The summed E-state index contributed by atoms with van der Waals surface area (Å²) < 4.78 is 1.92. The van der Waals surface area contributed by atoms with Gasteiger partial charge in [-0.3, -0.25) is 9.20 Å². The van der Waals surface area contributed by atoms with E-state index in [-0.39, 0.29) is 5.91 Å².